The number of amides is 1. The fourth-order valence-electron chi connectivity index (χ4n) is 2.44. The van der Waals surface area contributed by atoms with E-state index in [1.807, 2.05) is 6.07 Å². The van der Waals surface area contributed by atoms with Crippen LogP contribution in [0.1, 0.15) is 18.4 Å². The maximum Gasteiger partial charge on any atom is 0.405 e. The zero-order chi connectivity index (χ0) is 12.5. The standard InChI is InChI=1S/C12H15NO4/c14-9-6-12(7-10(9)15,13-11(16)17)8-4-2-1-3-5-8/h1-5,9-10,13-15H,6-7H2,(H,16,17)/t9-,10+,12?. The van der Waals surface area contributed by atoms with Crippen LogP contribution in [0.15, 0.2) is 30.3 Å². The molecule has 0 radical (unpaired) electrons. The molecule has 1 amide bonds. The predicted molar refractivity (Wildman–Crippen MR) is 60.5 cm³/mol. The summed E-state index contributed by atoms with van der Waals surface area (Å²) in [6.07, 6.45) is -2.59. The molecule has 1 aliphatic rings. The second-order valence-electron chi connectivity index (χ2n) is 4.42. The lowest BCUT2D eigenvalue weighted by Gasteiger charge is -2.29. The van der Waals surface area contributed by atoms with Crippen LogP contribution in [-0.4, -0.2) is 33.6 Å². The molecule has 1 aliphatic carbocycles. The van der Waals surface area contributed by atoms with Gasteiger partial charge < -0.3 is 20.6 Å². The number of benzene rings is 1. The normalized spacial score (nSPS) is 32.4. The van der Waals surface area contributed by atoms with Crippen molar-refractivity contribution in [2.45, 2.75) is 30.6 Å². The van der Waals surface area contributed by atoms with E-state index in [1.54, 1.807) is 24.3 Å². The molecule has 3 atom stereocenters. The Balaban J connectivity index is 2.35. The maximum atomic E-state index is 10.9. The Labute approximate surface area is 98.7 Å². The average Bonchev–Trinajstić information content (AvgIpc) is 2.56. The fraction of sp³-hybridized carbons (Fsp3) is 0.417. The van der Waals surface area contributed by atoms with Crippen LogP contribution >= 0.6 is 0 Å². The molecule has 17 heavy (non-hydrogen) atoms. The van der Waals surface area contributed by atoms with Crippen molar-refractivity contribution in [3.05, 3.63) is 35.9 Å². The summed E-state index contributed by atoms with van der Waals surface area (Å²) in [6, 6.07) is 9.02. The highest BCUT2D eigenvalue weighted by atomic mass is 16.4. The van der Waals surface area contributed by atoms with E-state index < -0.39 is 23.8 Å². The molecule has 5 heteroatoms. The van der Waals surface area contributed by atoms with Crippen LogP contribution in [0.2, 0.25) is 0 Å². The molecule has 1 unspecified atom stereocenters. The Morgan fingerprint density at radius 2 is 1.71 bits per heavy atom. The van der Waals surface area contributed by atoms with Crippen molar-refractivity contribution in [2.75, 3.05) is 0 Å². The van der Waals surface area contributed by atoms with Gasteiger partial charge in [-0.2, -0.15) is 0 Å². The van der Waals surface area contributed by atoms with Crippen LogP contribution in [0.5, 0.6) is 0 Å². The summed E-state index contributed by atoms with van der Waals surface area (Å²) in [5.74, 6) is 0. The van der Waals surface area contributed by atoms with Gasteiger partial charge in [0, 0.05) is 12.8 Å². The van der Waals surface area contributed by atoms with E-state index in [4.69, 9.17) is 5.11 Å². The molecule has 1 aromatic rings. The van der Waals surface area contributed by atoms with Crippen LogP contribution in [-0.2, 0) is 5.54 Å². The zero-order valence-corrected chi connectivity index (χ0v) is 9.21. The topological polar surface area (TPSA) is 89.8 Å². The van der Waals surface area contributed by atoms with Crippen molar-refractivity contribution in [1.82, 2.24) is 5.32 Å². The number of hydrogen-bond acceptors (Lipinski definition) is 3. The van der Waals surface area contributed by atoms with Crippen molar-refractivity contribution < 1.29 is 20.1 Å². The first-order valence-electron chi connectivity index (χ1n) is 5.46. The van der Waals surface area contributed by atoms with Gasteiger partial charge >= 0.3 is 6.09 Å². The molecule has 1 fully saturated rings. The first-order valence-corrected chi connectivity index (χ1v) is 5.46. The molecule has 0 bridgehead atoms. The van der Waals surface area contributed by atoms with Crippen molar-refractivity contribution in [1.29, 1.82) is 0 Å². The SMILES string of the molecule is O=C(O)NC1(c2ccccc2)C[C@@H](O)[C@@H](O)C1. The minimum absolute atomic E-state index is 0.185. The number of hydrogen-bond donors (Lipinski definition) is 4. The number of aliphatic hydroxyl groups excluding tert-OH is 2. The second-order valence-corrected chi connectivity index (χ2v) is 4.42. The Kier molecular flexibility index (Phi) is 3.04. The lowest BCUT2D eigenvalue weighted by atomic mass is 9.88. The van der Waals surface area contributed by atoms with E-state index in [1.165, 1.54) is 0 Å². The van der Waals surface area contributed by atoms with Gasteiger partial charge in [-0.25, -0.2) is 4.79 Å². The number of aliphatic hydroxyl groups is 2. The van der Waals surface area contributed by atoms with Gasteiger partial charge in [0.1, 0.15) is 0 Å². The van der Waals surface area contributed by atoms with E-state index in [2.05, 4.69) is 5.32 Å². The van der Waals surface area contributed by atoms with E-state index in [0.717, 1.165) is 5.56 Å². The molecule has 92 valence electrons. The van der Waals surface area contributed by atoms with Gasteiger partial charge in [-0.05, 0) is 5.56 Å². The molecule has 0 spiro atoms. The number of carboxylic acid groups (broad SMARTS) is 1. The maximum absolute atomic E-state index is 10.9. The van der Waals surface area contributed by atoms with Crippen LogP contribution in [0.4, 0.5) is 4.79 Å². The lowest BCUT2D eigenvalue weighted by Crippen LogP contribution is -2.44. The van der Waals surface area contributed by atoms with E-state index in [9.17, 15) is 15.0 Å². The Bertz CT molecular complexity index is 396. The van der Waals surface area contributed by atoms with Crippen molar-refractivity contribution >= 4 is 6.09 Å². The smallest absolute Gasteiger partial charge is 0.405 e. The highest BCUT2D eigenvalue weighted by Gasteiger charge is 2.46. The van der Waals surface area contributed by atoms with Crippen LogP contribution < -0.4 is 5.32 Å². The van der Waals surface area contributed by atoms with Crippen LogP contribution in [0, 0.1) is 0 Å². The van der Waals surface area contributed by atoms with Gasteiger partial charge in [-0.15, -0.1) is 0 Å². The Hall–Kier alpha value is -1.59. The van der Waals surface area contributed by atoms with E-state index in [0.29, 0.717) is 0 Å². The average molecular weight is 237 g/mol. The number of rotatable bonds is 2. The molecule has 1 aromatic carbocycles. The molecule has 0 aromatic heterocycles. The first kappa shape index (κ1) is 11.9. The third-order valence-electron chi connectivity index (χ3n) is 3.23. The molecule has 0 saturated heterocycles. The monoisotopic (exact) mass is 237 g/mol. The molecule has 5 nitrogen and oxygen atoms in total. The summed E-state index contributed by atoms with van der Waals surface area (Å²) >= 11 is 0. The summed E-state index contributed by atoms with van der Waals surface area (Å²) in [4.78, 5) is 10.9. The zero-order valence-electron chi connectivity index (χ0n) is 9.21. The van der Waals surface area contributed by atoms with Gasteiger partial charge in [0.2, 0.25) is 0 Å². The molecule has 2 rings (SSSR count). The fourth-order valence-corrected chi connectivity index (χ4v) is 2.44. The molecule has 1 saturated carbocycles. The molecular formula is C12H15NO4. The van der Waals surface area contributed by atoms with Crippen LogP contribution in [0.25, 0.3) is 0 Å². The van der Waals surface area contributed by atoms with E-state index in [-0.39, 0.29) is 12.8 Å². The highest BCUT2D eigenvalue weighted by Crippen LogP contribution is 2.39. The van der Waals surface area contributed by atoms with Crippen molar-refractivity contribution in [3.63, 3.8) is 0 Å². The largest absolute Gasteiger partial charge is 0.465 e. The molecule has 0 aliphatic heterocycles. The number of carbonyl (C=O) groups is 1. The Morgan fingerprint density at radius 1 is 1.18 bits per heavy atom. The third kappa shape index (κ3) is 2.25. The Morgan fingerprint density at radius 3 is 2.18 bits per heavy atom. The van der Waals surface area contributed by atoms with Gasteiger partial charge in [0.15, 0.2) is 0 Å². The first-order chi connectivity index (χ1) is 8.03. The summed E-state index contributed by atoms with van der Waals surface area (Å²) in [7, 11) is 0. The quantitative estimate of drug-likeness (QED) is 0.608. The number of nitrogens with one attached hydrogen (secondary N) is 1. The van der Waals surface area contributed by atoms with Gasteiger partial charge in [0.05, 0.1) is 17.7 Å². The minimum Gasteiger partial charge on any atom is -0.465 e. The highest BCUT2D eigenvalue weighted by molar-refractivity contribution is 5.66. The molecule has 0 heterocycles. The predicted octanol–water partition coefficient (Wildman–Crippen LogP) is 0.665. The minimum atomic E-state index is -1.16. The van der Waals surface area contributed by atoms with Gasteiger partial charge in [0.25, 0.3) is 0 Å². The van der Waals surface area contributed by atoms with Gasteiger partial charge in [-0.1, -0.05) is 30.3 Å². The summed E-state index contributed by atoms with van der Waals surface area (Å²) in [5, 5.41) is 30.6. The third-order valence-corrected chi connectivity index (χ3v) is 3.23. The summed E-state index contributed by atoms with van der Waals surface area (Å²) < 4.78 is 0. The molecular weight excluding hydrogens is 222 g/mol. The second kappa shape index (κ2) is 4.35. The molecule has 4 N–H and O–H groups in total. The van der Waals surface area contributed by atoms with E-state index >= 15 is 0 Å². The van der Waals surface area contributed by atoms with Crippen molar-refractivity contribution in [2.24, 2.45) is 0 Å². The van der Waals surface area contributed by atoms with Crippen molar-refractivity contribution in [3.8, 4) is 0 Å². The van der Waals surface area contributed by atoms with Gasteiger partial charge in [-0.3, -0.25) is 0 Å². The lowest BCUT2D eigenvalue weighted by molar-refractivity contribution is 0.0438. The van der Waals surface area contributed by atoms with Crippen LogP contribution in [0.3, 0.4) is 0 Å². The summed E-state index contributed by atoms with van der Waals surface area (Å²) in [6.45, 7) is 0. The summed E-state index contributed by atoms with van der Waals surface area (Å²) in [5.41, 5.74) is -0.135.